The van der Waals surface area contributed by atoms with Gasteiger partial charge in [-0.05, 0) is 51.4 Å². The highest BCUT2D eigenvalue weighted by Gasteiger charge is 1.82. The molecule has 1 aliphatic rings. The molecule has 0 heteroatoms. The SMILES string of the molecule is C1=C\CC/C=C/CC/C=C/CC/C=C\CC/1. The quantitative estimate of drug-likeness (QED) is 0.479. The summed E-state index contributed by atoms with van der Waals surface area (Å²) in [7, 11) is 0. The second-order valence-electron chi connectivity index (χ2n) is 4.20. The average Bonchev–Trinajstić information content (AvgIpc) is 2.29. The minimum atomic E-state index is 1.19. The fourth-order valence-corrected chi connectivity index (χ4v) is 1.71. The zero-order valence-corrected chi connectivity index (χ0v) is 10.3. The molecule has 0 aromatic carbocycles. The Hall–Kier alpha value is -1.04. The Bertz CT molecular complexity index is 173. The van der Waals surface area contributed by atoms with Gasteiger partial charge in [-0.3, -0.25) is 0 Å². The first-order chi connectivity index (χ1) is 8.00. The third-order valence-corrected chi connectivity index (χ3v) is 2.67. The van der Waals surface area contributed by atoms with Crippen LogP contribution in [0.1, 0.15) is 51.4 Å². The van der Waals surface area contributed by atoms with E-state index >= 15 is 0 Å². The molecule has 0 amide bonds. The summed E-state index contributed by atoms with van der Waals surface area (Å²) in [6, 6.07) is 0. The van der Waals surface area contributed by atoms with Crippen LogP contribution in [0.15, 0.2) is 48.6 Å². The van der Waals surface area contributed by atoms with Crippen LogP contribution in [0.3, 0.4) is 0 Å². The van der Waals surface area contributed by atoms with E-state index in [4.69, 9.17) is 0 Å². The van der Waals surface area contributed by atoms with Crippen molar-refractivity contribution in [1.29, 1.82) is 0 Å². The fraction of sp³-hybridized carbons (Fsp3) is 0.500. The largest absolute Gasteiger partial charge is 0.0882 e. The van der Waals surface area contributed by atoms with Gasteiger partial charge >= 0.3 is 0 Å². The van der Waals surface area contributed by atoms with E-state index in [-0.39, 0.29) is 0 Å². The average molecular weight is 216 g/mol. The van der Waals surface area contributed by atoms with Crippen LogP contribution >= 0.6 is 0 Å². The third-order valence-electron chi connectivity index (χ3n) is 2.67. The maximum Gasteiger partial charge on any atom is -0.0316 e. The Morgan fingerprint density at radius 3 is 0.500 bits per heavy atom. The van der Waals surface area contributed by atoms with Gasteiger partial charge in [0.05, 0.1) is 0 Å². The van der Waals surface area contributed by atoms with Crippen molar-refractivity contribution in [2.45, 2.75) is 51.4 Å². The number of rotatable bonds is 0. The molecule has 16 heavy (non-hydrogen) atoms. The van der Waals surface area contributed by atoms with E-state index in [1.807, 2.05) is 0 Å². The predicted octanol–water partition coefficient (Wildman–Crippen LogP) is 5.35. The second kappa shape index (κ2) is 10.5. The lowest BCUT2D eigenvalue weighted by molar-refractivity contribution is 0.962. The molecule has 88 valence electrons. The van der Waals surface area contributed by atoms with Crippen LogP contribution in [-0.2, 0) is 0 Å². The van der Waals surface area contributed by atoms with Crippen LogP contribution in [0.2, 0.25) is 0 Å². The Labute approximate surface area is 100 Å². The zero-order chi connectivity index (χ0) is 11.3. The van der Waals surface area contributed by atoms with Crippen LogP contribution in [0, 0.1) is 0 Å². The summed E-state index contributed by atoms with van der Waals surface area (Å²) >= 11 is 0. The van der Waals surface area contributed by atoms with Gasteiger partial charge in [0.25, 0.3) is 0 Å². The molecule has 0 radical (unpaired) electrons. The monoisotopic (exact) mass is 216 g/mol. The number of hydrogen-bond acceptors (Lipinski definition) is 0. The fourth-order valence-electron chi connectivity index (χ4n) is 1.71. The highest BCUT2D eigenvalue weighted by molar-refractivity contribution is 4.94. The van der Waals surface area contributed by atoms with E-state index in [9.17, 15) is 0 Å². The van der Waals surface area contributed by atoms with Crippen LogP contribution in [0.5, 0.6) is 0 Å². The first-order valence-electron chi connectivity index (χ1n) is 6.60. The van der Waals surface area contributed by atoms with Gasteiger partial charge < -0.3 is 0 Å². The smallest absolute Gasteiger partial charge is 0.0316 e. The molecule has 0 atom stereocenters. The first kappa shape index (κ1) is 13.0. The van der Waals surface area contributed by atoms with E-state index in [0.717, 1.165) is 0 Å². The molecule has 0 saturated heterocycles. The van der Waals surface area contributed by atoms with Crippen molar-refractivity contribution in [2.24, 2.45) is 0 Å². The van der Waals surface area contributed by atoms with Crippen molar-refractivity contribution >= 4 is 0 Å². The van der Waals surface area contributed by atoms with E-state index in [0.29, 0.717) is 0 Å². The van der Waals surface area contributed by atoms with Crippen LogP contribution in [0.4, 0.5) is 0 Å². The molecule has 0 spiro atoms. The molecule has 0 bridgehead atoms. The maximum atomic E-state index is 2.31. The minimum absolute atomic E-state index is 1.19. The summed E-state index contributed by atoms with van der Waals surface area (Å²) in [6.07, 6.45) is 28.0. The Morgan fingerprint density at radius 2 is 0.375 bits per heavy atom. The minimum Gasteiger partial charge on any atom is -0.0882 e. The standard InChI is InChI=1S/C16H24/c1-2-4-6-8-10-12-14-16-15-13-11-9-7-5-3-1/h1-2,7-10,15-16H,3-6,11-14H2/b2-1-,9-7-,10-8+,16-15+. The molecular weight excluding hydrogens is 192 g/mol. The van der Waals surface area contributed by atoms with Gasteiger partial charge in [-0.15, -0.1) is 0 Å². The van der Waals surface area contributed by atoms with Crippen molar-refractivity contribution in [1.82, 2.24) is 0 Å². The molecule has 1 rings (SSSR count). The Morgan fingerprint density at radius 1 is 0.250 bits per heavy atom. The van der Waals surface area contributed by atoms with E-state index < -0.39 is 0 Å². The van der Waals surface area contributed by atoms with Crippen LogP contribution in [0.25, 0.3) is 0 Å². The molecule has 0 N–H and O–H groups in total. The summed E-state index contributed by atoms with van der Waals surface area (Å²) < 4.78 is 0. The molecule has 0 aromatic heterocycles. The van der Waals surface area contributed by atoms with E-state index in [1.165, 1.54) is 51.4 Å². The van der Waals surface area contributed by atoms with Gasteiger partial charge in [-0.1, -0.05) is 48.6 Å². The topological polar surface area (TPSA) is 0 Å². The molecule has 0 aromatic rings. The van der Waals surface area contributed by atoms with Crippen molar-refractivity contribution < 1.29 is 0 Å². The summed E-state index contributed by atoms with van der Waals surface area (Å²) in [6.45, 7) is 0. The second-order valence-corrected chi connectivity index (χ2v) is 4.20. The van der Waals surface area contributed by atoms with Crippen molar-refractivity contribution in [3.63, 3.8) is 0 Å². The first-order valence-corrected chi connectivity index (χ1v) is 6.60. The molecule has 0 saturated carbocycles. The maximum absolute atomic E-state index is 2.31. The Balaban J connectivity index is 2.29. The predicted molar refractivity (Wildman–Crippen MR) is 73.5 cm³/mol. The summed E-state index contributed by atoms with van der Waals surface area (Å²) in [4.78, 5) is 0. The zero-order valence-electron chi connectivity index (χ0n) is 10.3. The number of hydrogen-bond donors (Lipinski definition) is 0. The summed E-state index contributed by atoms with van der Waals surface area (Å²) in [5.74, 6) is 0. The van der Waals surface area contributed by atoms with E-state index in [1.54, 1.807) is 0 Å². The molecule has 1 aliphatic carbocycles. The van der Waals surface area contributed by atoms with Crippen molar-refractivity contribution in [3.8, 4) is 0 Å². The normalized spacial score (nSPS) is 28.0. The van der Waals surface area contributed by atoms with Crippen LogP contribution < -0.4 is 0 Å². The van der Waals surface area contributed by atoms with Gasteiger partial charge in [-0.2, -0.15) is 0 Å². The highest BCUT2D eigenvalue weighted by Crippen LogP contribution is 2.03. The highest BCUT2D eigenvalue weighted by atomic mass is 13.9. The summed E-state index contributed by atoms with van der Waals surface area (Å²) in [5, 5.41) is 0. The van der Waals surface area contributed by atoms with Crippen molar-refractivity contribution in [2.75, 3.05) is 0 Å². The lowest BCUT2D eigenvalue weighted by Gasteiger charge is -1.92. The van der Waals surface area contributed by atoms with Gasteiger partial charge in [-0.25, -0.2) is 0 Å². The lowest BCUT2D eigenvalue weighted by Crippen LogP contribution is -1.71. The molecule has 0 heterocycles. The molecule has 0 unspecified atom stereocenters. The van der Waals surface area contributed by atoms with Gasteiger partial charge in [0.2, 0.25) is 0 Å². The van der Waals surface area contributed by atoms with Crippen LogP contribution in [-0.4, -0.2) is 0 Å². The number of allylic oxidation sites excluding steroid dienone is 8. The summed E-state index contributed by atoms with van der Waals surface area (Å²) in [5.41, 5.74) is 0. The lowest BCUT2D eigenvalue weighted by atomic mass is 10.1. The third kappa shape index (κ3) is 8.28. The molecule has 0 aliphatic heterocycles. The molecule has 0 fully saturated rings. The van der Waals surface area contributed by atoms with Gasteiger partial charge in [0.15, 0.2) is 0 Å². The Kier molecular flexibility index (Phi) is 8.53. The van der Waals surface area contributed by atoms with Crippen molar-refractivity contribution in [3.05, 3.63) is 48.6 Å². The van der Waals surface area contributed by atoms with Gasteiger partial charge in [0.1, 0.15) is 0 Å². The van der Waals surface area contributed by atoms with E-state index in [2.05, 4.69) is 48.6 Å². The molecule has 0 nitrogen and oxygen atoms in total. The molecular formula is C16H24. The van der Waals surface area contributed by atoms with Gasteiger partial charge in [0, 0.05) is 0 Å².